The number of para-hydroxylation sites is 2. The van der Waals surface area contributed by atoms with Gasteiger partial charge in [-0.3, -0.25) is 9.69 Å². The zero-order valence-corrected chi connectivity index (χ0v) is 16.5. The van der Waals surface area contributed by atoms with E-state index in [1.807, 2.05) is 17.0 Å². The Morgan fingerprint density at radius 3 is 2.75 bits per heavy atom. The molecule has 1 aromatic carbocycles. The predicted molar refractivity (Wildman–Crippen MR) is 101 cm³/mol. The van der Waals surface area contributed by atoms with Gasteiger partial charge < -0.3 is 14.6 Å². The summed E-state index contributed by atoms with van der Waals surface area (Å²) in [6, 6.07) is 6.97. The number of nitrogens with one attached hydrogen (secondary N) is 1. The van der Waals surface area contributed by atoms with Crippen molar-refractivity contribution in [1.29, 1.82) is 0 Å². The molecule has 1 N–H and O–H groups in total. The van der Waals surface area contributed by atoms with Crippen LogP contribution in [0.2, 0.25) is 0 Å². The van der Waals surface area contributed by atoms with Crippen molar-refractivity contribution < 1.29 is 22.5 Å². The van der Waals surface area contributed by atoms with Gasteiger partial charge in [0, 0.05) is 19.6 Å². The van der Waals surface area contributed by atoms with Crippen molar-refractivity contribution in [3.8, 4) is 5.75 Å². The molecule has 0 aliphatic carbocycles. The molecule has 0 radical (unpaired) electrons. The number of ether oxygens (including phenoxy) is 1. The third-order valence-electron chi connectivity index (χ3n) is 5.07. The minimum atomic E-state index is -3.74. The van der Waals surface area contributed by atoms with Crippen LogP contribution in [0.25, 0.3) is 0 Å². The van der Waals surface area contributed by atoms with Crippen molar-refractivity contribution >= 4 is 21.6 Å². The van der Waals surface area contributed by atoms with E-state index in [4.69, 9.17) is 9.26 Å². The number of amides is 1. The second kappa shape index (κ2) is 7.19. The number of anilines is 1. The van der Waals surface area contributed by atoms with Crippen molar-refractivity contribution in [2.75, 3.05) is 38.1 Å². The maximum Gasteiger partial charge on any atom is 0.248 e. The van der Waals surface area contributed by atoms with Crippen LogP contribution in [0.4, 0.5) is 5.69 Å². The van der Waals surface area contributed by atoms with Crippen LogP contribution in [0.5, 0.6) is 5.75 Å². The second-order valence-electron chi connectivity index (χ2n) is 7.00. The molecule has 0 bridgehead atoms. The Morgan fingerprint density at radius 2 is 2.00 bits per heavy atom. The van der Waals surface area contributed by atoms with E-state index >= 15 is 0 Å². The Morgan fingerprint density at radius 1 is 1.21 bits per heavy atom. The van der Waals surface area contributed by atoms with Crippen LogP contribution in [0.3, 0.4) is 0 Å². The lowest BCUT2D eigenvalue weighted by Gasteiger charge is -2.39. The molecule has 1 amide bonds. The summed E-state index contributed by atoms with van der Waals surface area (Å²) in [5, 5.41) is 6.62. The summed E-state index contributed by atoms with van der Waals surface area (Å²) in [5.41, 5.74) is 0.964. The number of carbonyl (C=O) groups is 1. The van der Waals surface area contributed by atoms with E-state index in [0.29, 0.717) is 23.7 Å². The lowest BCUT2D eigenvalue weighted by molar-refractivity contribution is -0.118. The van der Waals surface area contributed by atoms with Crippen LogP contribution in [0, 0.1) is 13.8 Å². The van der Waals surface area contributed by atoms with E-state index in [0.717, 1.165) is 0 Å². The van der Waals surface area contributed by atoms with Crippen LogP contribution in [-0.4, -0.2) is 67.5 Å². The average molecular weight is 406 g/mol. The third-order valence-corrected chi connectivity index (χ3v) is 7.18. The van der Waals surface area contributed by atoms with Crippen molar-refractivity contribution in [1.82, 2.24) is 14.4 Å². The third kappa shape index (κ3) is 3.38. The number of sulfonamides is 1. The molecule has 0 saturated carbocycles. The number of hydrogen-bond donors (Lipinski definition) is 1. The number of piperazine rings is 1. The Labute approximate surface area is 163 Å². The maximum atomic E-state index is 13.1. The fourth-order valence-corrected chi connectivity index (χ4v) is 5.44. The molecule has 1 fully saturated rings. The molecule has 1 atom stereocenters. The van der Waals surface area contributed by atoms with Gasteiger partial charge in [-0.15, -0.1) is 0 Å². The van der Waals surface area contributed by atoms with E-state index in [-0.39, 0.29) is 48.8 Å². The molecule has 3 heterocycles. The van der Waals surface area contributed by atoms with E-state index in [1.165, 1.54) is 4.31 Å². The molecule has 28 heavy (non-hydrogen) atoms. The molecule has 9 nitrogen and oxygen atoms in total. The summed E-state index contributed by atoms with van der Waals surface area (Å²) in [5.74, 6) is 0.701. The van der Waals surface area contributed by atoms with Gasteiger partial charge in [-0.25, -0.2) is 8.42 Å². The number of rotatable bonds is 2. The molecule has 1 aromatic heterocycles. The fraction of sp³-hybridized carbons (Fsp3) is 0.444. The van der Waals surface area contributed by atoms with E-state index < -0.39 is 10.0 Å². The van der Waals surface area contributed by atoms with E-state index in [9.17, 15) is 13.2 Å². The molecule has 0 spiro atoms. The van der Waals surface area contributed by atoms with Gasteiger partial charge in [0.05, 0.1) is 18.3 Å². The molecule has 2 aromatic rings. The first-order chi connectivity index (χ1) is 13.4. The van der Waals surface area contributed by atoms with Crippen LogP contribution in [0.1, 0.15) is 11.5 Å². The standard InChI is InChI=1S/C18H22N4O5S/c1-12-18(13(2)27-20-12)28(24,25)22-8-7-21-10-17(23)19-15-5-3-4-6-16(15)26-11-14(21)9-22/h3-6,14H,7-11H2,1-2H3,(H,19,23)/t14-/m1/s1. The number of nitrogens with zero attached hydrogens (tertiary/aromatic N) is 3. The van der Waals surface area contributed by atoms with Crippen molar-refractivity contribution in [3.05, 3.63) is 35.7 Å². The monoisotopic (exact) mass is 406 g/mol. The van der Waals surface area contributed by atoms with Gasteiger partial charge in [0.15, 0.2) is 5.76 Å². The first-order valence-corrected chi connectivity index (χ1v) is 10.5. The Kier molecular flexibility index (Phi) is 4.86. The first-order valence-electron chi connectivity index (χ1n) is 9.05. The Balaban J connectivity index is 1.59. The lowest BCUT2D eigenvalue weighted by atomic mass is 10.2. The molecule has 2 aliphatic rings. The zero-order valence-electron chi connectivity index (χ0n) is 15.7. The van der Waals surface area contributed by atoms with Crippen molar-refractivity contribution in [2.24, 2.45) is 0 Å². The average Bonchev–Trinajstić information content (AvgIpc) is 3.02. The lowest BCUT2D eigenvalue weighted by Crippen LogP contribution is -2.57. The molecule has 0 unspecified atom stereocenters. The highest BCUT2D eigenvalue weighted by atomic mass is 32.2. The van der Waals surface area contributed by atoms with Crippen LogP contribution < -0.4 is 10.1 Å². The number of benzene rings is 1. The van der Waals surface area contributed by atoms with E-state index in [1.54, 1.807) is 26.0 Å². The topological polar surface area (TPSA) is 105 Å². The van der Waals surface area contributed by atoms with E-state index in [2.05, 4.69) is 10.5 Å². The second-order valence-corrected chi connectivity index (χ2v) is 8.87. The maximum absolute atomic E-state index is 13.1. The molecule has 10 heteroatoms. The smallest absolute Gasteiger partial charge is 0.248 e. The number of carbonyl (C=O) groups excluding carboxylic acids is 1. The summed E-state index contributed by atoms with van der Waals surface area (Å²) in [6.45, 7) is 4.60. The van der Waals surface area contributed by atoms with Crippen LogP contribution in [-0.2, 0) is 14.8 Å². The zero-order chi connectivity index (χ0) is 19.9. The minimum Gasteiger partial charge on any atom is -0.490 e. The summed E-state index contributed by atoms with van der Waals surface area (Å²) in [6.07, 6.45) is 0. The van der Waals surface area contributed by atoms with Gasteiger partial charge in [0.25, 0.3) is 0 Å². The number of hydrogen-bond acceptors (Lipinski definition) is 7. The normalized spacial score (nSPS) is 21.5. The summed E-state index contributed by atoms with van der Waals surface area (Å²) < 4.78 is 38.7. The Bertz CT molecular complexity index is 984. The van der Waals surface area contributed by atoms with Gasteiger partial charge in [-0.2, -0.15) is 4.31 Å². The summed E-state index contributed by atoms with van der Waals surface area (Å²) >= 11 is 0. The van der Waals surface area contributed by atoms with Gasteiger partial charge in [0.2, 0.25) is 15.9 Å². The quantitative estimate of drug-likeness (QED) is 0.793. The minimum absolute atomic E-state index is 0.119. The van der Waals surface area contributed by atoms with Gasteiger partial charge in [0.1, 0.15) is 22.9 Å². The number of aryl methyl sites for hydroxylation is 2. The molecule has 4 rings (SSSR count). The molecule has 1 saturated heterocycles. The summed E-state index contributed by atoms with van der Waals surface area (Å²) in [7, 11) is -3.74. The highest BCUT2D eigenvalue weighted by Crippen LogP contribution is 2.28. The number of aromatic nitrogens is 1. The Hall–Kier alpha value is -2.43. The number of fused-ring (bicyclic) bond motifs is 2. The van der Waals surface area contributed by atoms with Gasteiger partial charge in [-0.05, 0) is 26.0 Å². The largest absolute Gasteiger partial charge is 0.490 e. The van der Waals surface area contributed by atoms with Crippen LogP contribution >= 0.6 is 0 Å². The molecular formula is C18H22N4O5S. The van der Waals surface area contributed by atoms with Gasteiger partial charge in [-0.1, -0.05) is 17.3 Å². The van der Waals surface area contributed by atoms with Crippen molar-refractivity contribution in [3.63, 3.8) is 0 Å². The first kappa shape index (κ1) is 18.9. The van der Waals surface area contributed by atoms with Gasteiger partial charge >= 0.3 is 0 Å². The predicted octanol–water partition coefficient (Wildman–Crippen LogP) is 0.997. The fourth-order valence-electron chi connectivity index (χ4n) is 3.68. The van der Waals surface area contributed by atoms with Crippen LogP contribution in [0.15, 0.2) is 33.7 Å². The summed E-state index contributed by atoms with van der Waals surface area (Å²) in [4.78, 5) is 14.5. The highest BCUT2D eigenvalue weighted by Gasteiger charge is 2.38. The highest BCUT2D eigenvalue weighted by molar-refractivity contribution is 7.89. The SMILES string of the molecule is Cc1noc(C)c1S(=O)(=O)N1CCN2CC(=O)Nc3ccccc3OC[C@H]2C1. The molecular weight excluding hydrogens is 384 g/mol. The molecule has 2 aliphatic heterocycles. The van der Waals surface area contributed by atoms with Crippen molar-refractivity contribution in [2.45, 2.75) is 24.8 Å². The molecule has 150 valence electrons.